The van der Waals surface area contributed by atoms with Gasteiger partial charge >= 0.3 is 0 Å². The van der Waals surface area contributed by atoms with E-state index >= 15 is 0 Å². The first-order valence-electron chi connectivity index (χ1n) is 5.83. The van der Waals surface area contributed by atoms with Crippen LogP contribution in [0.5, 0.6) is 0 Å². The molecule has 19 heavy (non-hydrogen) atoms. The number of carbonyl (C=O) groups is 2. The van der Waals surface area contributed by atoms with E-state index in [2.05, 4.69) is 20.9 Å². The highest BCUT2D eigenvalue weighted by atomic mass is 79.9. The molecule has 0 amide bonds. The molecular weight excluding hydrogens is 306 g/mol. The van der Waals surface area contributed by atoms with Crippen molar-refractivity contribution < 1.29 is 9.59 Å². The smallest absolute Gasteiger partial charge is 0.186 e. The third-order valence-corrected chi connectivity index (χ3v) is 3.84. The van der Waals surface area contributed by atoms with Crippen LogP contribution in [-0.4, -0.2) is 16.6 Å². The predicted octanol–water partition coefficient (Wildman–Crippen LogP) is 3.33. The van der Waals surface area contributed by atoms with Crippen LogP contribution in [-0.2, 0) is 9.59 Å². The van der Waals surface area contributed by atoms with Gasteiger partial charge < -0.3 is 4.98 Å². The Labute approximate surface area is 118 Å². The quantitative estimate of drug-likeness (QED) is 0.821. The van der Waals surface area contributed by atoms with Crippen molar-refractivity contribution in [3.8, 4) is 0 Å². The fraction of sp³-hybridized carbons (Fsp3) is 0.0667. The van der Waals surface area contributed by atoms with Crippen molar-refractivity contribution in [3.05, 3.63) is 52.2 Å². The van der Waals surface area contributed by atoms with Crippen LogP contribution < -0.4 is 0 Å². The lowest BCUT2D eigenvalue weighted by atomic mass is 9.94. The molecule has 1 aliphatic carbocycles. The molecular formula is C15H10BrNO2. The largest absolute Gasteiger partial charge is 0.358 e. The second kappa shape index (κ2) is 4.31. The van der Waals surface area contributed by atoms with Gasteiger partial charge in [-0.15, -0.1) is 0 Å². The van der Waals surface area contributed by atoms with Gasteiger partial charge in [0.05, 0.1) is 0 Å². The van der Waals surface area contributed by atoms with E-state index < -0.39 is 0 Å². The van der Waals surface area contributed by atoms with Crippen LogP contribution >= 0.6 is 15.9 Å². The number of fused-ring (bicyclic) bond motifs is 1. The fourth-order valence-electron chi connectivity index (χ4n) is 2.38. The van der Waals surface area contributed by atoms with Gasteiger partial charge in [-0.05, 0) is 37.3 Å². The summed E-state index contributed by atoms with van der Waals surface area (Å²) in [5.41, 5.74) is 3.07. The summed E-state index contributed by atoms with van der Waals surface area (Å²) in [5, 5.41) is 0.933. The van der Waals surface area contributed by atoms with Gasteiger partial charge in [-0.1, -0.05) is 22.0 Å². The first-order chi connectivity index (χ1) is 9.08. The molecule has 1 aliphatic rings. The zero-order valence-corrected chi connectivity index (χ0v) is 11.7. The summed E-state index contributed by atoms with van der Waals surface area (Å²) in [6.45, 7) is 1.90. The van der Waals surface area contributed by atoms with Crippen LogP contribution in [0.3, 0.4) is 0 Å². The lowest BCUT2D eigenvalue weighted by Crippen LogP contribution is -2.07. The Bertz CT molecular complexity index is 781. The van der Waals surface area contributed by atoms with Crippen LogP contribution in [0.2, 0.25) is 0 Å². The number of ketones is 2. The molecule has 0 aliphatic heterocycles. The number of benzene rings is 1. The zero-order chi connectivity index (χ0) is 13.6. The molecule has 0 fully saturated rings. The lowest BCUT2D eigenvalue weighted by Gasteiger charge is -2.08. The third-order valence-electron chi connectivity index (χ3n) is 3.18. The monoisotopic (exact) mass is 315 g/mol. The molecule has 0 radical (unpaired) electrons. The van der Waals surface area contributed by atoms with E-state index in [0.29, 0.717) is 5.57 Å². The number of hydrogen-bond acceptors (Lipinski definition) is 2. The van der Waals surface area contributed by atoms with Crippen LogP contribution in [0.25, 0.3) is 16.5 Å². The van der Waals surface area contributed by atoms with Gasteiger partial charge in [0.2, 0.25) is 0 Å². The zero-order valence-electron chi connectivity index (χ0n) is 10.2. The number of aromatic amines is 1. The summed E-state index contributed by atoms with van der Waals surface area (Å²) in [5.74, 6) is -0.297. The van der Waals surface area contributed by atoms with Crippen molar-refractivity contribution in [2.75, 3.05) is 0 Å². The molecule has 3 rings (SSSR count). The second-order valence-electron chi connectivity index (χ2n) is 4.45. The summed E-state index contributed by atoms with van der Waals surface area (Å²) in [6, 6.07) is 5.79. The summed E-state index contributed by atoms with van der Waals surface area (Å²) >= 11 is 3.50. The number of nitrogens with one attached hydrogen (secondary N) is 1. The van der Waals surface area contributed by atoms with Gasteiger partial charge in [0.15, 0.2) is 11.6 Å². The van der Waals surface area contributed by atoms with E-state index in [0.717, 1.165) is 26.6 Å². The molecule has 2 aromatic rings. The molecule has 0 saturated carbocycles. The van der Waals surface area contributed by atoms with Gasteiger partial charge in [-0.3, -0.25) is 9.59 Å². The van der Waals surface area contributed by atoms with E-state index in [1.54, 1.807) is 0 Å². The molecule has 0 spiro atoms. The maximum atomic E-state index is 12.0. The number of rotatable bonds is 1. The molecule has 0 unspecified atom stereocenters. The highest BCUT2D eigenvalue weighted by Crippen LogP contribution is 2.35. The predicted molar refractivity (Wildman–Crippen MR) is 77.9 cm³/mol. The van der Waals surface area contributed by atoms with Crippen molar-refractivity contribution in [3.63, 3.8) is 0 Å². The van der Waals surface area contributed by atoms with Gasteiger partial charge in [0, 0.05) is 32.2 Å². The second-order valence-corrected chi connectivity index (χ2v) is 5.30. The number of carbonyl (C=O) groups excluding carboxylic acids is 2. The maximum absolute atomic E-state index is 12.0. The topological polar surface area (TPSA) is 49.9 Å². The van der Waals surface area contributed by atoms with Crippen molar-refractivity contribution >= 4 is 44.0 Å². The highest BCUT2D eigenvalue weighted by molar-refractivity contribution is 9.10. The molecule has 0 atom stereocenters. The lowest BCUT2D eigenvalue weighted by molar-refractivity contribution is -0.113. The number of aromatic nitrogens is 1. The molecule has 3 nitrogen and oxygen atoms in total. The summed E-state index contributed by atoms with van der Waals surface area (Å²) in [6.07, 6.45) is 4.02. The Kier molecular flexibility index (Phi) is 2.75. The summed E-state index contributed by atoms with van der Waals surface area (Å²) in [4.78, 5) is 26.8. The Morgan fingerprint density at radius 2 is 1.95 bits per heavy atom. The number of allylic oxidation sites excluding steroid dienone is 4. The summed E-state index contributed by atoms with van der Waals surface area (Å²) in [7, 11) is 0. The molecule has 1 N–H and O–H groups in total. The van der Waals surface area contributed by atoms with E-state index in [1.165, 1.54) is 18.2 Å². The third kappa shape index (κ3) is 1.88. The van der Waals surface area contributed by atoms with Crippen molar-refractivity contribution in [2.24, 2.45) is 0 Å². The normalized spacial score (nSPS) is 15.2. The van der Waals surface area contributed by atoms with Crippen LogP contribution in [0, 0.1) is 6.92 Å². The van der Waals surface area contributed by atoms with E-state index in [9.17, 15) is 9.59 Å². The Hall–Kier alpha value is -1.94. The first-order valence-corrected chi connectivity index (χ1v) is 6.62. The molecule has 0 bridgehead atoms. The van der Waals surface area contributed by atoms with Gasteiger partial charge in [-0.2, -0.15) is 0 Å². The minimum Gasteiger partial charge on any atom is -0.358 e. The average Bonchev–Trinajstić information content (AvgIpc) is 2.70. The molecule has 94 valence electrons. The van der Waals surface area contributed by atoms with Gasteiger partial charge in [0.25, 0.3) is 0 Å². The summed E-state index contributed by atoms with van der Waals surface area (Å²) < 4.78 is 0.903. The van der Waals surface area contributed by atoms with Crippen molar-refractivity contribution in [1.29, 1.82) is 0 Å². The average molecular weight is 316 g/mol. The standard InChI is InChI=1S/C15H10BrNO2/c1-8-14(10-7-9(18)5-6-13(10)19)15-11(16)3-2-4-12(15)17-8/h2-7,17H,1H3. The molecule has 1 heterocycles. The van der Waals surface area contributed by atoms with Crippen LogP contribution in [0.4, 0.5) is 0 Å². The Balaban J connectivity index is 2.34. The molecule has 4 heteroatoms. The highest BCUT2D eigenvalue weighted by Gasteiger charge is 2.21. The van der Waals surface area contributed by atoms with Crippen LogP contribution in [0.1, 0.15) is 11.3 Å². The number of hydrogen-bond donors (Lipinski definition) is 1. The van der Waals surface area contributed by atoms with Crippen molar-refractivity contribution in [2.45, 2.75) is 6.92 Å². The van der Waals surface area contributed by atoms with Gasteiger partial charge in [0.1, 0.15) is 0 Å². The van der Waals surface area contributed by atoms with Crippen LogP contribution in [0.15, 0.2) is 40.9 Å². The van der Waals surface area contributed by atoms with Gasteiger partial charge in [-0.25, -0.2) is 0 Å². The van der Waals surface area contributed by atoms with Crippen molar-refractivity contribution in [1.82, 2.24) is 4.98 Å². The van der Waals surface area contributed by atoms with E-state index in [1.807, 2.05) is 25.1 Å². The minimum absolute atomic E-state index is 0.139. The Morgan fingerprint density at radius 3 is 2.74 bits per heavy atom. The maximum Gasteiger partial charge on any atom is 0.186 e. The van der Waals surface area contributed by atoms with E-state index in [-0.39, 0.29) is 11.6 Å². The number of halogens is 1. The minimum atomic E-state index is -0.157. The van der Waals surface area contributed by atoms with E-state index in [4.69, 9.17) is 0 Å². The molecule has 1 aromatic heterocycles. The Morgan fingerprint density at radius 1 is 1.16 bits per heavy atom. The SMILES string of the molecule is Cc1[nH]c2cccc(Br)c2c1C1=CC(=O)C=CC1=O. The number of aryl methyl sites for hydroxylation is 1. The molecule has 1 aromatic carbocycles. The molecule has 0 saturated heterocycles. The number of H-pyrrole nitrogens is 1. The fourth-order valence-corrected chi connectivity index (χ4v) is 2.94. The first kappa shape index (κ1) is 12.1.